The molecule has 4 heteroatoms. The first-order valence-corrected chi connectivity index (χ1v) is 5.61. The van der Waals surface area contributed by atoms with Crippen LogP contribution in [-0.4, -0.2) is 20.3 Å². The Balaban J connectivity index is 2.88. The maximum atomic E-state index is 5.94. The molecule has 0 aromatic heterocycles. The quantitative estimate of drug-likeness (QED) is 0.863. The van der Waals surface area contributed by atoms with Crippen molar-refractivity contribution in [2.75, 3.05) is 20.3 Å². The van der Waals surface area contributed by atoms with Crippen molar-refractivity contribution in [3.8, 4) is 0 Å². The molecule has 0 heterocycles. The first-order chi connectivity index (χ1) is 7.17. The molecule has 2 nitrogen and oxygen atoms in total. The van der Waals surface area contributed by atoms with Crippen LogP contribution in [0.4, 0.5) is 0 Å². The van der Waals surface area contributed by atoms with Crippen LogP contribution < -0.4 is 5.32 Å². The number of hydrogen-bond acceptors (Lipinski definition) is 2. The fourth-order valence-electron chi connectivity index (χ4n) is 1.46. The van der Waals surface area contributed by atoms with Gasteiger partial charge in [-0.05, 0) is 30.3 Å². The van der Waals surface area contributed by atoms with Crippen molar-refractivity contribution in [2.45, 2.75) is 13.0 Å². The zero-order valence-corrected chi connectivity index (χ0v) is 10.4. The molecule has 0 aliphatic carbocycles. The number of likely N-dealkylation sites (N-methyl/N-ethyl adjacent to an activating group) is 1. The van der Waals surface area contributed by atoms with E-state index in [1.165, 1.54) is 0 Å². The molecule has 84 valence electrons. The molecule has 1 aromatic carbocycles. The molecule has 0 amide bonds. The molecule has 1 aromatic rings. The molecule has 0 saturated carbocycles. The Morgan fingerprint density at radius 1 is 1.27 bits per heavy atom. The Labute approximate surface area is 101 Å². The SMILES string of the molecule is CCNC(COC)c1cc(Cl)cc(Cl)c1. The Morgan fingerprint density at radius 3 is 2.33 bits per heavy atom. The van der Waals surface area contributed by atoms with Gasteiger partial charge in [0.05, 0.1) is 12.6 Å². The molecule has 0 saturated heterocycles. The molecular weight excluding hydrogens is 233 g/mol. The molecule has 0 radical (unpaired) electrons. The highest BCUT2D eigenvalue weighted by molar-refractivity contribution is 6.34. The maximum Gasteiger partial charge on any atom is 0.0657 e. The summed E-state index contributed by atoms with van der Waals surface area (Å²) in [6.45, 7) is 3.53. The van der Waals surface area contributed by atoms with Crippen LogP contribution in [0.5, 0.6) is 0 Å². The summed E-state index contributed by atoms with van der Waals surface area (Å²) in [6, 6.07) is 5.67. The highest BCUT2D eigenvalue weighted by Crippen LogP contribution is 2.23. The van der Waals surface area contributed by atoms with Crippen molar-refractivity contribution >= 4 is 23.2 Å². The predicted octanol–water partition coefficient (Wildman–Crippen LogP) is 3.29. The third-order valence-corrected chi connectivity index (χ3v) is 2.51. The number of methoxy groups -OCH3 is 1. The minimum Gasteiger partial charge on any atom is -0.383 e. The van der Waals surface area contributed by atoms with Crippen molar-refractivity contribution in [3.63, 3.8) is 0 Å². The van der Waals surface area contributed by atoms with Crippen molar-refractivity contribution in [1.29, 1.82) is 0 Å². The van der Waals surface area contributed by atoms with E-state index in [4.69, 9.17) is 27.9 Å². The molecule has 0 fully saturated rings. The van der Waals surface area contributed by atoms with Gasteiger partial charge in [-0.25, -0.2) is 0 Å². The van der Waals surface area contributed by atoms with Crippen molar-refractivity contribution < 1.29 is 4.74 Å². The van der Waals surface area contributed by atoms with Crippen molar-refractivity contribution in [3.05, 3.63) is 33.8 Å². The van der Waals surface area contributed by atoms with Gasteiger partial charge >= 0.3 is 0 Å². The maximum absolute atomic E-state index is 5.94. The van der Waals surface area contributed by atoms with Crippen LogP contribution in [0.1, 0.15) is 18.5 Å². The summed E-state index contributed by atoms with van der Waals surface area (Å²) in [5, 5.41) is 4.61. The fraction of sp³-hybridized carbons (Fsp3) is 0.455. The molecule has 0 bridgehead atoms. The van der Waals surface area contributed by atoms with Crippen LogP contribution >= 0.6 is 23.2 Å². The molecular formula is C11H15Cl2NO. The van der Waals surface area contributed by atoms with Gasteiger partial charge in [0, 0.05) is 17.2 Å². The Hall–Kier alpha value is -0.280. The van der Waals surface area contributed by atoms with Gasteiger partial charge in [0.25, 0.3) is 0 Å². The molecule has 1 N–H and O–H groups in total. The van der Waals surface area contributed by atoms with Crippen LogP contribution in [0, 0.1) is 0 Å². The van der Waals surface area contributed by atoms with Gasteiger partial charge in [0.1, 0.15) is 0 Å². The molecule has 0 spiro atoms. The van der Waals surface area contributed by atoms with E-state index >= 15 is 0 Å². The Kier molecular flexibility index (Phi) is 5.40. The Morgan fingerprint density at radius 2 is 1.87 bits per heavy atom. The summed E-state index contributed by atoms with van der Waals surface area (Å²) < 4.78 is 5.14. The van der Waals surface area contributed by atoms with E-state index in [9.17, 15) is 0 Å². The van der Waals surface area contributed by atoms with Gasteiger partial charge in [0.15, 0.2) is 0 Å². The van der Waals surface area contributed by atoms with Gasteiger partial charge in [-0.1, -0.05) is 30.1 Å². The summed E-state index contributed by atoms with van der Waals surface area (Å²) in [4.78, 5) is 0. The minimum absolute atomic E-state index is 0.135. The zero-order valence-electron chi connectivity index (χ0n) is 8.89. The third kappa shape index (κ3) is 3.99. The topological polar surface area (TPSA) is 21.3 Å². The monoisotopic (exact) mass is 247 g/mol. The fourth-order valence-corrected chi connectivity index (χ4v) is 2.01. The van der Waals surface area contributed by atoms with Gasteiger partial charge in [-0.3, -0.25) is 0 Å². The number of halogens is 2. The molecule has 0 aliphatic heterocycles. The van der Waals surface area contributed by atoms with E-state index in [0.29, 0.717) is 16.7 Å². The number of benzene rings is 1. The van der Waals surface area contributed by atoms with E-state index in [-0.39, 0.29) is 6.04 Å². The second kappa shape index (κ2) is 6.33. The second-order valence-corrected chi connectivity index (χ2v) is 4.14. The first kappa shape index (κ1) is 12.8. The van der Waals surface area contributed by atoms with E-state index in [1.54, 1.807) is 13.2 Å². The summed E-state index contributed by atoms with van der Waals surface area (Å²) >= 11 is 11.9. The average Bonchev–Trinajstić information content (AvgIpc) is 2.16. The highest BCUT2D eigenvalue weighted by Gasteiger charge is 2.11. The highest BCUT2D eigenvalue weighted by atomic mass is 35.5. The first-order valence-electron chi connectivity index (χ1n) is 4.85. The van der Waals surface area contributed by atoms with Crippen molar-refractivity contribution in [1.82, 2.24) is 5.32 Å². The van der Waals surface area contributed by atoms with Gasteiger partial charge in [-0.2, -0.15) is 0 Å². The lowest BCUT2D eigenvalue weighted by atomic mass is 10.1. The largest absolute Gasteiger partial charge is 0.383 e. The smallest absolute Gasteiger partial charge is 0.0657 e. The third-order valence-electron chi connectivity index (χ3n) is 2.07. The lowest BCUT2D eigenvalue weighted by molar-refractivity contribution is 0.168. The number of ether oxygens (including phenoxy) is 1. The molecule has 1 unspecified atom stereocenters. The van der Waals surface area contributed by atoms with E-state index in [1.807, 2.05) is 12.1 Å². The normalized spacial score (nSPS) is 12.8. The summed E-state index contributed by atoms with van der Waals surface area (Å²) in [6.07, 6.45) is 0. The molecule has 0 aliphatic rings. The van der Waals surface area contributed by atoms with E-state index < -0.39 is 0 Å². The molecule has 1 rings (SSSR count). The van der Waals surface area contributed by atoms with E-state index in [2.05, 4.69) is 12.2 Å². The van der Waals surface area contributed by atoms with Gasteiger partial charge in [-0.15, -0.1) is 0 Å². The standard InChI is InChI=1S/C11H15Cl2NO/c1-3-14-11(7-15-2)8-4-9(12)6-10(13)5-8/h4-6,11,14H,3,7H2,1-2H3. The van der Waals surface area contributed by atoms with Crippen molar-refractivity contribution in [2.24, 2.45) is 0 Å². The Bertz CT molecular complexity index is 291. The number of nitrogens with one attached hydrogen (secondary N) is 1. The number of rotatable bonds is 5. The van der Waals surface area contributed by atoms with E-state index in [0.717, 1.165) is 12.1 Å². The lowest BCUT2D eigenvalue weighted by Gasteiger charge is -2.17. The van der Waals surface area contributed by atoms with Crippen LogP contribution in [0.3, 0.4) is 0 Å². The van der Waals surface area contributed by atoms with Crippen LogP contribution in [0.25, 0.3) is 0 Å². The van der Waals surface area contributed by atoms with Crippen LogP contribution in [0.15, 0.2) is 18.2 Å². The molecule has 15 heavy (non-hydrogen) atoms. The number of hydrogen-bond donors (Lipinski definition) is 1. The lowest BCUT2D eigenvalue weighted by Crippen LogP contribution is -2.24. The van der Waals surface area contributed by atoms with Gasteiger partial charge in [0.2, 0.25) is 0 Å². The predicted molar refractivity (Wildman–Crippen MR) is 64.8 cm³/mol. The summed E-state index contributed by atoms with van der Waals surface area (Å²) in [5.74, 6) is 0. The van der Waals surface area contributed by atoms with Gasteiger partial charge < -0.3 is 10.1 Å². The van der Waals surface area contributed by atoms with Crippen LogP contribution in [-0.2, 0) is 4.74 Å². The summed E-state index contributed by atoms with van der Waals surface area (Å²) in [5.41, 5.74) is 1.05. The molecule has 1 atom stereocenters. The summed E-state index contributed by atoms with van der Waals surface area (Å²) in [7, 11) is 1.68. The van der Waals surface area contributed by atoms with Crippen LogP contribution in [0.2, 0.25) is 10.0 Å². The average molecular weight is 248 g/mol. The zero-order chi connectivity index (χ0) is 11.3. The second-order valence-electron chi connectivity index (χ2n) is 3.27. The minimum atomic E-state index is 0.135.